The molecule has 3 aromatic rings. The van der Waals surface area contributed by atoms with Crippen molar-refractivity contribution in [3.63, 3.8) is 0 Å². The molecule has 7 nitrogen and oxygen atoms in total. The Morgan fingerprint density at radius 1 is 0.943 bits per heavy atom. The second-order valence-corrected chi connectivity index (χ2v) is 10.2. The van der Waals surface area contributed by atoms with Gasteiger partial charge in [0.25, 0.3) is 11.8 Å². The highest BCUT2D eigenvalue weighted by atomic mass is 35.5. The van der Waals surface area contributed by atoms with E-state index < -0.39 is 0 Å². The molecule has 2 fully saturated rings. The quantitative estimate of drug-likeness (QED) is 0.516. The molecule has 180 valence electrons. The van der Waals surface area contributed by atoms with Crippen molar-refractivity contribution in [2.45, 2.75) is 32.2 Å². The fourth-order valence-corrected chi connectivity index (χ4v) is 5.99. The van der Waals surface area contributed by atoms with E-state index in [1.165, 1.54) is 10.6 Å². The van der Waals surface area contributed by atoms with E-state index in [1.54, 1.807) is 18.2 Å². The summed E-state index contributed by atoms with van der Waals surface area (Å²) < 4.78 is 5.88. The van der Waals surface area contributed by atoms with E-state index in [2.05, 4.69) is 22.0 Å². The van der Waals surface area contributed by atoms with Crippen LogP contribution in [0.2, 0.25) is 5.02 Å². The summed E-state index contributed by atoms with van der Waals surface area (Å²) in [7, 11) is 0. The second-order valence-electron chi connectivity index (χ2n) is 9.79. The molecule has 0 aliphatic carbocycles. The molecular weight excluding hydrogens is 464 g/mol. The summed E-state index contributed by atoms with van der Waals surface area (Å²) in [5.74, 6) is 0.348. The Hall–Kier alpha value is -3.32. The Balaban J connectivity index is 1.07. The van der Waals surface area contributed by atoms with Crippen LogP contribution in [-0.2, 0) is 6.54 Å². The number of piperidine rings is 2. The van der Waals surface area contributed by atoms with Crippen LogP contribution in [0.5, 0.6) is 0 Å². The van der Waals surface area contributed by atoms with Crippen LogP contribution in [0, 0.1) is 5.41 Å². The van der Waals surface area contributed by atoms with E-state index in [0.29, 0.717) is 28.4 Å². The van der Waals surface area contributed by atoms with Gasteiger partial charge in [0.1, 0.15) is 0 Å². The molecule has 0 radical (unpaired) electrons. The molecule has 2 saturated heterocycles. The van der Waals surface area contributed by atoms with Crippen LogP contribution in [-0.4, -0.2) is 47.9 Å². The van der Waals surface area contributed by atoms with Crippen molar-refractivity contribution in [1.29, 1.82) is 0 Å². The number of carbonyl (C=O) groups is 2. The number of carbonyl (C=O) groups excluding carboxylic acids is 2. The fourth-order valence-electron chi connectivity index (χ4n) is 5.72. The number of furan rings is 1. The minimum atomic E-state index is -0.197. The molecule has 0 saturated carbocycles. The van der Waals surface area contributed by atoms with Gasteiger partial charge in [-0.2, -0.15) is 0 Å². The SMILES string of the molecule is O=C(c1ccc(N2Cc3cccc(Cl)c3C2=O)o1)N1CCC2(CC1)CCN(c1ccncc1)CC2. The Kier molecular flexibility index (Phi) is 5.52. The molecule has 0 N–H and O–H groups in total. The van der Waals surface area contributed by atoms with Gasteiger partial charge in [-0.25, -0.2) is 0 Å². The molecule has 0 unspecified atom stereocenters. The second kappa shape index (κ2) is 8.72. The molecule has 5 heterocycles. The Bertz CT molecular complexity index is 1260. The summed E-state index contributed by atoms with van der Waals surface area (Å²) in [5, 5.41) is 0.437. The predicted molar refractivity (Wildman–Crippen MR) is 134 cm³/mol. The highest BCUT2D eigenvalue weighted by Gasteiger charge is 2.39. The van der Waals surface area contributed by atoms with Crippen LogP contribution in [0.15, 0.2) is 59.3 Å². The minimum absolute atomic E-state index is 0.109. The van der Waals surface area contributed by atoms with Gasteiger partial charge in [0.15, 0.2) is 5.76 Å². The Morgan fingerprint density at radius 3 is 2.37 bits per heavy atom. The zero-order chi connectivity index (χ0) is 24.0. The monoisotopic (exact) mass is 490 g/mol. The summed E-state index contributed by atoms with van der Waals surface area (Å²) >= 11 is 6.23. The van der Waals surface area contributed by atoms with Gasteiger partial charge in [-0.05, 0) is 60.9 Å². The standard InChI is InChI=1S/C27H27ClN4O3/c28-21-3-1-2-19-18-32(26(34)24(19)21)23-5-4-22(35-23)25(33)31-16-10-27(11-17-31)8-14-30(15-9-27)20-6-12-29-13-7-20/h1-7,12-13H,8-11,14-18H2. The maximum atomic E-state index is 13.2. The molecule has 1 spiro atoms. The van der Waals surface area contributed by atoms with E-state index in [9.17, 15) is 9.59 Å². The summed E-state index contributed by atoms with van der Waals surface area (Å²) in [4.78, 5) is 36.0. The highest BCUT2D eigenvalue weighted by Crippen LogP contribution is 2.42. The van der Waals surface area contributed by atoms with Crippen LogP contribution < -0.4 is 9.80 Å². The van der Waals surface area contributed by atoms with Crippen molar-refractivity contribution >= 4 is 35.0 Å². The number of hydrogen-bond donors (Lipinski definition) is 0. The smallest absolute Gasteiger partial charge is 0.289 e. The first-order valence-electron chi connectivity index (χ1n) is 12.2. The van der Waals surface area contributed by atoms with Gasteiger partial charge >= 0.3 is 0 Å². The summed E-state index contributed by atoms with van der Waals surface area (Å²) in [6.45, 7) is 3.92. The molecule has 35 heavy (non-hydrogen) atoms. The lowest BCUT2D eigenvalue weighted by atomic mass is 9.71. The van der Waals surface area contributed by atoms with E-state index >= 15 is 0 Å². The number of amides is 2. The van der Waals surface area contributed by atoms with Crippen LogP contribution in [0.3, 0.4) is 0 Å². The maximum Gasteiger partial charge on any atom is 0.289 e. The van der Waals surface area contributed by atoms with Crippen LogP contribution >= 0.6 is 11.6 Å². The van der Waals surface area contributed by atoms with Gasteiger partial charge in [-0.3, -0.25) is 19.5 Å². The summed E-state index contributed by atoms with van der Waals surface area (Å²) in [6.07, 6.45) is 7.99. The number of halogens is 1. The molecule has 1 aromatic carbocycles. The van der Waals surface area contributed by atoms with Gasteiger partial charge < -0.3 is 14.2 Å². The molecular formula is C27H27ClN4O3. The molecule has 2 aromatic heterocycles. The molecule has 0 bridgehead atoms. The number of anilines is 2. The zero-order valence-corrected chi connectivity index (χ0v) is 20.2. The third kappa shape index (κ3) is 3.97. The van der Waals surface area contributed by atoms with Crippen LogP contribution in [0.25, 0.3) is 0 Å². The van der Waals surface area contributed by atoms with Gasteiger partial charge in [-0.1, -0.05) is 23.7 Å². The lowest BCUT2D eigenvalue weighted by molar-refractivity contribution is 0.0488. The first kappa shape index (κ1) is 22.2. The van der Waals surface area contributed by atoms with Gasteiger partial charge in [0.2, 0.25) is 5.88 Å². The molecule has 8 heteroatoms. The minimum Gasteiger partial charge on any atom is -0.435 e. The predicted octanol–water partition coefficient (Wildman–Crippen LogP) is 5.01. The van der Waals surface area contributed by atoms with Crippen molar-refractivity contribution < 1.29 is 14.0 Å². The zero-order valence-electron chi connectivity index (χ0n) is 19.5. The van der Waals surface area contributed by atoms with Gasteiger partial charge in [0.05, 0.1) is 17.1 Å². The molecule has 3 aliphatic heterocycles. The number of benzene rings is 1. The number of nitrogens with zero attached hydrogens (tertiary/aromatic N) is 4. The van der Waals surface area contributed by atoms with Gasteiger partial charge in [-0.15, -0.1) is 0 Å². The normalized spacial score (nSPS) is 19.3. The number of likely N-dealkylation sites (tertiary alicyclic amines) is 1. The van der Waals surface area contributed by atoms with Gasteiger partial charge in [0, 0.05) is 50.3 Å². The van der Waals surface area contributed by atoms with Crippen molar-refractivity contribution in [1.82, 2.24) is 9.88 Å². The van der Waals surface area contributed by atoms with Crippen LogP contribution in [0.4, 0.5) is 11.6 Å². The maximum absolute atomic E-state index is 13.2. The Labute approximate surface area is 209 Å². The Morgan fingerprint density at radius 2 is 1.66 bits per heavy atom. The first-order valence-corrected chi connectivity index (χ1v) is 12.5. The van der Waals surface area contributed by atoms with Crippen molar-refractivity contribution in [3.8, 4) is 0 Å². The number of aromatic nitrogens is 1. The third-order valence-electron chi connectivity index (χ3n) is 7.92. The van der Waals surface area contributed by atoms with E-state index in [0.717, 1.165) is 57.4 Å². The molecule has 6 rings (SSSR count). The molecule has 3 aliphatic rings. The topological polar surface area (TPSA) is 69.9 Å². The lowest BCUT2D eigenvalue weighted by Crippen LogP contribution is -2.48. The third-order valence-corrected chi connectivity index (χ3v) is 8.23. The number of pyridine rings is 1. The number of rotatable bonds is 3. The van der Waals surface area contributed by atoms with Crippen molar-refractivity contribution in [2.24, 2.45) is 5.41 Å². The molecule has 2 amide bonds. The van der Waals surface area contributed by atoms with Crippen molar-refractivity contribution in [2.75, 3.05) is 36.0 Å². The van der Waals surface area contributed by atoms with E-state index in [1.807, 2.05) is 29.4 Å². The summed E-state index contributed by atoms with van der Waals surface area (Å²) in [6, 6.07) is 12.9. The van der Waals surface area contributed by atoms with Crippen molar-refractivity contribution in [3.05, 3.63) is 76.8 Å². The van der Waals surface area contributed by atoms with Crippen LogP contribution in [0.1, 0.15) is 52.2 Å². The fraction of sp³-hybridized carbons (Fsp3) is 0.370. The average molecular weight is 491 g/mol. The largest absolute Gasteiger partial charge is 0.435 e. The first-order chi connectivity index (χ1) is 17.0. The highest BCUT2D eigenvalue weighted by molar-refractivity contribution is 6.35. The van der Waals surface area contributed by atoms with E-state index in [-0.39, 0.29) is 17.6 Å². The van der Waals surface area contributed by atoms with E-state index in [4.69, 9.17) is 16.0 Å². The summed E-state index contributed by atoms with van der Waals surface area (Å²) in [5.41, 5.74) is 2.91. The number of hydrogen-bond acceptors (Lipinski definition) is 5. The molecule has 0 atom stereocenters. The number of fused-ring (bicyclic) bond motifs is 1. The lowest BCUT2D eigenvalue weighted by Gasteiger charge is -2.47. The average Bonchev–Trinajstić information content (AvgIpc) is 3.51.